The van der Waals surface area contributed by atoms with E-state index >= 15 is 0 Å². The van der Waals surface area contributed by atoms with Crippen LogP contribution in [0.4, 0.5) is 0 Å². The van der Waals surface area contributed by atoms with Crippen LogP contribution in [0.1, 0.15) is 11.1 Å². The Kier molecular flexibility index (Phi) is 3.79. The molecule has 2 nitrogen and oxygen atoms in total. The van der Waals surface area contributed by atoms with Crippen molar-refractivity contribution in [2.24, 2.45) is 5.73 Å². The van der Waals surface area contributed by atoms with Crippen LogP contribution in [0.2, 0.25) is 0 Å². The van der Waals surface area contributed by atoms with Gasteiger partial charge in [-0.2, -0.15) is 0 Å². The summed E-state index contributed by atoms with van der Waals surface area (Å²) in [4.78, 5) is 0. The fourth-order valence-corrected chi connectivity index (χ4v) is 1.80. The molecule has 17 heavy (non-hydrogen) atoms. The maximum atomic E-state index is 6.28. The van der Waals surface area contributed by atoms with Crippen LogP contribution in [0.25, 0.3) is 0 Å². The number of rotatable bonds is 4. The van der Waals surface area contributed by atoms with Gasteiger partial charge in [-0.1, -0.05) is 72.3 Å². The smallest absolute Gasteiger partial charge is 0.170 e. The molecule has 0 fully saturated rings. The fraction of sp³-hybridized carbons (Fsp3) is 0.143. The molecule has 0 aliphatic heterocycles. The summed E-state index contributed by atoms with van der Waals surface area (Å²) in [6.07, 6.45) is 0. The highest BCUT2D eigenvalue weighted by molar-refractivity contribution is 6.23. The Bertz CT molecular complexity index is 454. The van der Waals surface area contributed by atoms with Gasteiger partial charge in [0, 0.05) is 12.1 Å². The number of benzene rings is 2. The summed E-state index contributed by atoms with van der Waals surface area (Å²) in [5.41, 5.74) is 8.05. The Morgan fingerprint density at radius 3 is 2.06 bits per heavy atom. The minimum absolute atomic E-state index is 0.635. The van der Waals surface area contributed by atoms with Crippen LogP contribution in [0.5, 0.6) is 0 Å². The Labute approximate surface area is 106 Å². The molecular weight excluding hydrogens is 232 g/mol. The molecule has 0 aliphatic rings. The van der Waals surface area contributed by atoms with Crippen LogP contribution in [-0.4, -0.2) is 0 Å². The predicted molar refractivity (Wildman–Crippen MR) is 71.4 cm³/mol. The van der Waals surface area contributed by atoms with Gasteiger partial charge in [0.15, 0.2) is 5.12 Å². The molecule has 2 aromatic rings. The van der Waals surface area contributed by atoms with Crippen molar-refractivity contribution >= 4 is 11.6 Å². The molecule has 0 saturated carbocycles. The summed E-state index contributed by atoms with van der Waals surface area (Å²) in [5.74, 6) is 0. The van der Waals surface area contributed by atoms with Crippen LogP contribution >= 0.6 is 11.6 Å². The van der Waals surface area contributed by atoms with Crippen molar-refractivity contribution in [3.63, 3.8) is 0 Å². The summed E-state index contributed by atoms with van der Waals surface area (Å²) in [5, 5.41) is 2.10. The van der Waals surface area contributed by atoms with Gasteiger partial charge in [-0.15, -0.1) is 0 Å². The van der Waals surface area contributed by atoms with E-state index in [4.69, 9.17) is 17.3 Å². The highest BCUT2D eigenvalue weighted by Crippen LogP contribution is 2.19. The molecule has 2 rings (SSSR count). The fourth-order valence-electron chi connectivity index (χ4n) is 1.61. The summed E-state index contributed by atoms with van der Waals surface area (Å²) in [7, 11) is 0. The quantitative estimate of drug-likeness (QED) is 0.495. The van der Waals surface area contributed by atoms with Gasteiger partial charge in [0.2, 0.25) is 0 Å². The molecule has 0 amide bonds. The Balaban J connectivity index is 2.03. The first-order valence-corrected chi connectivity index (χ1v) is 5.88. The molecule has 0 saturated heterocycles. The minimum atomic E-state index is -1.03. The molecule has 0 heterocycles. The van der Waals surface area contributed by atoms with Gasteiger partial charge in [0.1, 0.15) is 0 Å². The lowest BCUT2D eigenvalue weighted by atomic mass is 10.1. The van der Waals surface area contributed by atoms with Crippen LogP contribution < -0.4 is 11.1 Å². The number of hydrogen-bond donors (Lipinski definition) is 2. The third kappa shape index (κ3) is 3.30. The van der Waals surface area contributed by atoms with E-state index < -0.39 is 5.12 Å². The van der Waals surface area contributed by atoms with Crippen LogP contribution in [0.3, 0.4) is 0 Å². The van der Waals surface area contributed by atoms with E-state index in [1.165, 1.54) is 0 Å². The molecule has 1 unspecified atom stereocenters. The van der Waals surface area contributed by atoms with Gasteiger partial charge in [-0.05, 0) is 5.56 Å². The highest BCUT2D eigenvalue weighted by atomic mass is 35.5. The third-order valence-electron chi connectivity index (χ3n) is 2.59. The van der Waals surface area contributed by atoms with Gasteiger partial charge < -0.3 is 0 Å². The first-order valence-electron chi connectivity index (χ1n) is 5.51. The first-order chi connectivity index (χ1) is 8.18. The van der Waals surface area contributed by atoms with Gasteiger partial charge >= 0.3 is 0 Å². The summed E-state index contributed by atoms with van der Waals surface area (Å²) in [6, 6.07) is 19.6. The number of hydrogen-bond acceptors (Lipinski definition) is 2. The van der Waals surface area contributed by atoms with E-state index in [0.717, 1.165) is 11.1 Å². The molecular formula is C14H15ClN2. The van der Waals surface area contributed by atoms with E-state index in [0.29, 0.717) is 6.54 Å². The largest absolute Gasteiger partial charge is 0.297 e. The molecule has 0 bridgehead atoms. The van der Waals surface area contributed by atoms with Gasteiger partial charge in [0.25, 0.3) is 0 Å². The maximum absolute atomic E-state index is 6.28. The number of nitrogens with two attached hydrogens (primary N) is 1. The van der Waals surface area contributed by atoms with Gasteiger partial charge in [-0.3, -0.25) is 11.1 Å². The second-order valence-electron chi connectivity index (χ2n) is 3.92. The summed E-state index contributed by atoms with van der Waals surface area (Å²) >= 11 is 6.28. The normalized spacial score (nSPS) is 14.2. The average molecular weight is 247 g/mol. The molecule has 0 aromatic heterocycles. The molecule has 1 atom stereocenters. The second kappa shape index (κ2) is 5.32. The second-order valence-corrected chi connectivity index (χ2v) is 4.51. The molecule has 88 valence electrons. The van der Waals surface area contributed by atoms with Crippen LogP contribution in [0, 0.1) is 0 Å². The van der Waals surface area contributed by atoms with Crippen molar-refractivity contribution in [3.8, 4) is 0 Å². The summed E-state index contributed by atoms with van der Waals surface area (Å²) < 4.78 is 0. The van der Waals surface area contributed by atoms with E-state index in [1.54, 1.807) is 0 Å². The lowest BCUT2D eigenvalue weighted by Crippen LogP contribution is -2.44. The SMILES string of the molecule is NC(Cl)(NCc1ccccc1)c1ccccc1. The third-order valence-corrected chi connectivity index (χ3v) is 2.94. The minimum Gasteiger partial charge on any atom is -0.297 e. The van der Waals surface area contributed by atoms with Crippen molar-refractivity contribution in [2.75, 3.05) is 0 Å². The molecule has 2 aromatic carbocycles. The Morgan fingerprint density at radius 2 is 1.47 bits per heavy atom. The molecule has 0 spiro atoms. The first kappa shape index (κ1) is 12.1. The number of alkyl halides is 1. The van der Waals surface area contributed by atoms with Crippen LogP contribution in [0.15, 0.2) is 60.7 Å². The van der Waals surface area contributed by atoms with E-state index in [9.17, 15) is 0 Å². The molecule has 0 radical (unpaired) electrons. The van der Waals surface area contributed by atoms with Crippen molar-refractivity contribution < 1.29 is 0 Å². The van der Waals surface area contributed by atoms with Gasteiger partial charge in [0.05, 0.1) is 0 Å². The van der Waals surface area contributed by atoms with Gasteiger partial charge in [-0.25, -0.2) is 0 Å². The topological polar surface area (TPSA) is 38.0 Å². The zero-order chi connectivity index (χ0) is 12.1. The Morgan fingerprint density at radius 1 is 0.941 bits per heavy atom. The van der Waals surface area contributed by atoms with E-state index in [1.807, 2.05) is 60.7 Å². The summed E-state index contributed by atoms with van der Waals surface area (Å²) in [6.45, 7) is 0.635. The van der Waals surface area contributed by atoms with Crippen molar-refractivity contribution in [3.05, 3.63) is 71.8 Å². The maximum Gasteiger partial charge on any atom is 0.170 e. The van der Waals surface area contributed by atoms with Crippen molar-refractivity contribution in [1.82, 2.24) is 5.32 Å². The van der Waals surface area contributed by atoms with Crippen molar-refractivity contribution in [2.45, 2.75) is 11.7 Å². The molecule has 0 aliphatic carbocycles. The van der Waals surface area contributed by atoms with E-state index in [-0.39, 0.29) is 0 Å². The Hall–Kier alpha value is -1.35. The monoisotopic (exact) mass is 246 g/mol. The zero-order valence-corrected chi connectivity index (χ0v) is 10.2. The van der Waals surface area contributed by atoms with Crippen molar-refractivity contribution in [1.29, 1.82) is 0 Å². The molecule has 3 heteroatoms. The molecule has 3 N–H and O–H groups in total. The lowest BCUT2D eigenvalue weighted by molar-refractivity contribution is 0.488. The average Bonchev–Trinajstić information content (AvgIpc) is 2.39. The number of nitrogens with one attached hydrogen (secondary N) is 1. The number of halogens is 1. The standard InChI is InChI=1S/C14H15ClN2/c15-14(16,13-9-5-2-6-10-13)17-11-12-7-3-1-4-8-12/h1-10,17H,11,16H2. The highest BCUT2D eigenvalue weighted by Gasteiger charge is 2.22. The van der Waals surface area contributed by atoms with E-state index in [2.05, 4.69) is 5.32 Å². The predicted octanol–water partition coefficient (Wildman–Crippen LogP) is 2.78. The zero-order valence-electron chi connectivity index (χ0n) is 9.44. The lowest BCUT2D eigenvalue weighted by Gasteiger charge is -2.24. The van der Waals surface area contributed by atoms with Crippen LogP contribution in [-0.2, 0) is 11.7 Å².